The van der Waals surface area contributed by atoms with Crippen LogP contribution in [0.15, 0.2) is 17.3 Å². The van der Waals surface area contributed by atoms with E-state index in [0.29, 0.717) is 6.61 Å². The maximum atomic E-state index is 5.87. The molecular formula is C12H19N3O. The third-order valence-electron chi connectivity index (χ3n) is 2.12. The average Bonchev–Trinajstić information content (AvgIpc) is 2.21. The zero-order valence-electron chi connectivity index (χ0n) is 9.89. The quantitative estimate of drug-likeness (QED) is 0.535. The molecule has 0 radical (unpaired) electrons. The molecule has 16 heavy (non-hydrogen) atoms. The molecule has 1 heterocycles. The van der Waals surface area contributed by atoms with E-state index in [1.54, 1.807) is 18.5 Å². The topological polar surface area (TPSA) is 50.8 Å². The molecule has 2 atom stereocenters. The lowest BCUT2D eigenvalue weighted by Gasteiger charge is -2.17. The van der Waals surface area contributed by atoms with Crippen molar-refractivity contribution in [1.82, 2.24) is 4.90 Å². The van der Waals surface area contributed by atoms with Crippen LogP contribution in [-0.2, 0) is 4.74 Å². The number of allylic oxidation sites excluding steroid dienone is 1. The third kappa shape index (κ3) is 5.08. The van der Waals surface area contributed by atoms with Crippen molar-refractivity contribution in [2.24, 2.45) is 10.7 Å². The number of nitrogens with two attached hydrogens (primary N) is 1. The van der Waals surface area contributed by atoms with E-state index in [1.807, 2.05) is 14.1 Å². The summed E-state index contributed by atoms with van der Waals surface area (Å²) in [6, 6.07) is -0.253. The van der Waals surface area contributed by atoms with Gasteiger partial charge in [0.25, 0.3) is 0 Å². The smallest absolute Gasteiger partial charge is 0.138 e. The zero-order chi connectivity index (χ0) is 11.8. The first-order chi connectivity index (χ1) is 7.70. The summed E-state index contributed by atoms with van der Waals surface area (Å²) in [5.74, 6) is 5.83. The molecule has 4 nitrogen and oxygen atoms in total. The molecule has 0 aromatic carbocycles. The van der Waals surface area contributed by atoms with E-state index in [1.165, 1.54) is 0 Å². The van der Waals surface area contributed by atoms with E-state index in [9.17, 15) is 0 Å². The summed E-state index contributed by atoms with van der Waals surface area (Å²) in [5.41, 5.74) is 5.87. The van der Waals surface area contributed by atoms with Crippen molar-refractivity contribution in [1.29, 1.82) is 0 Å². The Bertz CT molecular complexity index is 312. The van der Waals surface area contributed by atoms with E-state index < -0.39 is 0 Å². The molecule has 2 N–H and O–H groups in total. The Morgan fingerprint density at radius 2 is 2.31 bits per heavy atom. The van der Waals surface area contributed by atoms with Crippen molar-refractivity contribution in [3.05, 3.63) is 12.3 Å². The van der Waals surface area contributed by atoms with Crippen LogP contribution in [0.1, 0.15) is 6.42 Å². The molecular weight excluding hydrogens is 202 g/mol. The molecule has 0 aromatic rings. The Morgan fingerprint density at radius 1 is 1.50 bits per heavy atom. The van der Waals surface area contributed by atoms with Gasteiger partial charge in [-0.15, -0.1) is 0 Å². The predicted molar refractivity (Wildman–Crippen MR) is 66.3 cm³/mol. The second-order valence-corrected chi connectivity index (χ2v) is 3.93. The van der Waals surface area contributed by atoms with Gasteiger partial charge in [0.1, 0.15) is 6.10 Å². The highest BCUT2D eigenvalue weighted by Gasteiger charge is 2.14. The Morgan fingerprint density at radius 3 is 3.06 bits per heavy atom. The fourth-order valence-electron chi connectivity index (χ4n) is 1.28. The van der Waals surface area contributed by atoms with Gasteiger partial charge >= 0.3 is 0 Å². The Balaban J connectivity index is 2.34. The van der Waals surface area contributed by atoms with E-state index >= 15 is 0 Å². The van der Waals surface area contributed by atoms with E-state index in [0.717, 1.165) is 13.0 Å². The minimum absolute atomic E-state index is 0.253. The summed E-state index contributed by atoms with van der Waals surface area (Å²) in [5, 5.41) is 0. The number of hydrogen-bond donors (Lipinski definition) is 1. The monoisotopic (exact) mass is 221 g/mol. The molecule has 0 aliphatic carbocycles. The molecule has 2 unspecified atom stereocenters. The molecule has 1 rings (SSSR count). The summed E-state index contributed by atoms with van der Waals surface area (Å²) in [7, 11) is 4.08. The fraction of sp³-hybridized carbons (Fsp3) is 0.583. The van der Waals surface area contributed by atoms with Crippen LogP contribution in [0.3, 0.4) is 0 Å². The summed E-state index contributed by atoms with van der Waals surface area (Å²) >= 11 is 0. The lowest BCUT2D eigenvalue weighted by Crippen LogP contribution is -2.37. The molecule has 0 saturated carbocycles. The SMILES string of the molecule is CN(C)CCCOC1C#C/C=C\N=C/C1N. The van der Waals surface area contributed by atoms with Crippen LogP contribution >= 0.6 is 0 Å². The second-order valence-electron chi connectivity index (χ2n) is 3.93. The van der Waals surface area contributed by atoms with Gasteiger partial charge in [0.15, 0.2) is 0 Å². The number of nitrogens with zero attached hydrogens (tertiary/aromatic N) is 2. The van der Waals surface area contributed by atoms with Crippen molar-refractivity contribution < 1.29 is 4.74 Å². The van der Waals surface area contributed by atoms with Crippen molar-refractivity contribution in [2.45, 2.75) is 18.6 Å². The summed E-state index contributed by atoms with van der Waals surface area (Å²) in [6.45, 7) is 1.67. The minimum Gasteiger partial charge on any atom is -0.363 e. The standard InChI is InChI=1S/C12H19N3O/c1-15(2)8-5-9-16-12-6-3-4-7-14-10-11(12)13/h4,7,10-12H,5,8-9,13H2,1-2H3/b7-4-,14-10-. The highest BCUT2D eigenvalue weighted by atomic mass is 16.5. The van der Waals surface area contributed by atoms with Gasteiger partial charge in [-0.05, 0) is 27.1 Å². The van der Waals surface area contributed by atoms with Crippen molar-refractivity contribution in [2.75, 3.05) is 27.2 Å². The number of hydrogen-bond acceptors (Lipinski definition) is 4. The van der Waals surface area contributed by atoms with Gasteiger partial charge in [-0.1, -0.05) is 11.8 Å². The minimum atomic E-state index is -0.254. The molecule has 4 heteroatoms. The molecule has 0 amide bonds. The largest absolute Gasteiger partial charge is 0.363 e. The summed E-state index contributed by atoms with van der Waals surface area (Å²) in [6.07, 6.45) is 5.72. The predicted octanol–water partition coefficient (Wildman–Crippen LogP) is 0.252. The van der Waals surface area contributed by atoms with Crippen LogP contribution in [0.5, 0.6) is 0 Å². The third-order valence-corrected chi connectivity index (χ3v) is 2.12. The van der Waals surface area contributed by atoms with Crippen LogP contribution in [-0.4, -0.2) is 50.5 Å². The maximum absolute atomic E-state index is 5.87. The molecule has 1 aliphatic rings. The summed E-state index contributed by atoms with van der Waals surface area (Å²) in [4.78, 5) is 6.12. The van der Waals surface area contributed by atoms with Crippen molar-refractivity contribution in [3.63, 3.8) is 0 Å². The van der Waals surface area contributed by atoms with Crippen molar-refractivity contribution >= 4 is 6.21 Å². The second kappa shape index (κ2) is 7.18. The fourth-order valence-corrected chi connectivity index (χ4v) is 1.28. The maximum Gasteiger partial charge on any atom is 0.138 e. The molecule has 88 valence electrons. The summed E-state index contributed by atoms with van der Waals surface area (Å²) < 4.78 is 5.63. The van der Waals surface area contributed by atoms with Gasteiger partial charge in [0.05, 0.1) is 6.04 Å². The number of ether oxygens (including phenoxy) is 1. The van der Waals surface area contributed by atoms with Gasteiger partial charge < -0.3 is 15.4 Å². The first-order valence-corrected chi connectivity index (χ1v) is 5.41. The molecule has 0 saturated heterocycles. The van der Waals surface area contributed by atoms with Crippen LogP contribution < -0.4 is 5.73 Å². The van der Waals surface area contributed by atoms with Gasteiger partial charge in [0, 0.05) is 25.1 Å². The normalized spacial score (nSPS) is 27.8. The lowest BCUT2D eigenvalue weighted by molar-refractivity contribution is 0.0818. The van der Waals surface area contributed by atoms with E-state index in [2.05, 4.69) is 21.7 Å². The van der Waals surface area contributed by atoms with Gasteiger partial charge in [-0.25, -0.2) is 0 Å². The Labute approximate surface area is 97.2 Å². The molecule has 0 spiro atoms. The zero-order valence-corrected chi connectivity index (χ0v) is 9.89. The first-order valence-electron chi connectivity index (χ1n) is 5.41. The molecule has 0 fully saturated rings. The van der Waals surface area contributed by atoms with Crippen LogP contribution in [0.25, 0.3) is 0 Å². The average molecular weight is 221 g/mol. The van der Waals surface area contributed by atoms with Gasteiger partial charge in [-0.3, -0.25) is 4.99 Å². The van der Waals surface area contributed by atoms with Crippen molar-refractivity contribution in [3.8, 4) is 11.8 Å². The Hall–Kier alpha value is -1.15. The lowest BCUT2D eigenvalue weighted by atomic mass is 10.2. The molecule has 0 aromatic heterocycles. The first kappa shape index (κ1) is 12.9. The van der Waals surface area contributed by atoms with Crippen LogP contribution in [0.2, 0.25) is 0 Å². The van der Waals surface area contributed by atoms with Gasteiger partial charge in [0.2, 0.25) is 0 Å². The highest BCUT2D eigenvalue weighted by Crippen LogP contribution is 1.98. The molecule has 1 aliphatic heterocycles. The van der Waals surface area contributed by atoms with Gasteiger partial charge in [-0.2, -0.15) is 0 Å². The highest BCUT2D eigenvalue weighted by molar-refractivity contribution is 5.67. The number of aliphatic imine (C=N–C) groups is 1. The molecule has 0 bridgehead atoms. The van der Waals surface area contributed by atoms with Crippen LogP contribution in [0, 0.1) is 11.8 Å². The van der Waals surface area contributed by atoms with Crippen LogP contribution in [0.4, 0.5) is 0 Å². The number of rotatable bonds is 5. The Kier molecular flexibility index (Phi) is 5.79. The van der Waals surface area contributed by atoms with E-state index in [-0.39, 0.29) is 12.1 Å². The van der Waals surface area contributed by atoms with E-state index in [4.69, 9.17) is 10.5 Å².